The first-order valence-electron chi connectivity index (χ1n) is 9.72. The van der Waals surface area contributed by atoms with Crippen molar-refractivity contribution in [3.8, 4) is 0 Å². The van der Waals surface area contributed by atoms with Gasteiger partial charge in [-0.2, -0.15) is 0 Å². The molecule has 2 aromatic rings. The van der Waals surface area contributed by atoms with Crippen LogP contribution in [0.4, 0.5) is 0 Å². The molecule has 25 heavy (non-hydrogen) atoms. The number of imidazole rings is 1. The van der Waals surface area contributed by atoms with Gasteiger partial charge < -0.3 is 14.6 Å². The smallest absolute Gasteiger partial charge is 0.123 e. The van der Waals surface area contributed by atoms with Gasteiger partial charge in [-0.1, -0.05) is 31.4 Å². The second kappa shape index (κ2) is 7.44. The lowest BCUT2D eigenvalue weighted by molar-refractivity contribution is -0.0369. The second-order valence-corrected chi connectivity index (χ2v) is 7.56. The van der Waals surface area contributed by atoms with Gasteiger partial charge in [0, 0.05) is 32.2 Å². The molecule has 1 aliphatic heterocycles. The van der Waals surface area contributed by atoms with Crippen LogP contribution in [0.25, 0.3) is 11.0 Å². The number of hydrogen-bond acceptors (Lipinski definition) is 4. The van der Waals surface area contributed by atoms with Crippen LogP contribution in [-0.4, -0.2) is 52.8 Å². The molecule has 0 unspecified atom stereocenters. The van der Waals surface area contributed by atoms with Crippen molar-refractivity contribution in [2.45, 2.75) is 44.2 Å². The molecule has 0 spiro atoms. The summed E-state index contributed by atoms with van der Waals surface area (Å²) >= 11 is 0. The molecule has 4 rings (SSSR count). The van der Waals surface area contributed by atoms with E-state index in [1.807, 2.05) is 0 Å². The molecule has 2 aliphatic rings. The van der Waals surface area contributed by atoms with E-state index in [0.29, 0.717) is 5.54 Å². The van der Waals surface area contributed by atoms with Gasteiger partial charge in [0.2, 0.25) is 0 Å². The number of benzene rings is 1. The van der Waals surface area contributed by atoms with Crippen LogP contribution in [-0.2, 0) is 18.3 Å². The molecule has 0 bridgehead atoms. The Morgan fingerprint density at radius 2 is 1.88 bits per heavy atom. The Hall–Kier alpha value is -1.43. The summed E-state index contributed by atoms with van der Waals surface area (Å²) in [6.07, 6.45) is 6.71. The van der Waals surface area contributed by atoms with Crippen LogP contribution in [0, 0.1) is 0 Å². The Labute approximate surface area is 150 Å². The molecule has 2 fully saturated rings. The zero-order valence-electron chi connectivity index (χ0n) is 15.3. The minimum atomic E-state index is 0.312. The van der Waals surface area contributed by atoms with E-state index in [1.165, 1.54) is 37.6 Å². The number of para-hydroxylation sites is 2. The molecule has 5 heteroatoms. The van der Waals surface area contributed by atoms with Crippen molar-refractivity contribution >= 4 is 11.0 Å². The third-order valence-electron chi connectivity index (χ3n) is 6.08. The van der Waals surface area contributed by atoms with Gasteiger partial charge in [-0.15, -0.1) is 0 Å². The normalized spacial score (nSPS) is 21.6. The Balaban J connectivity index is 1.44. The number of rotatable bonds is 5. The summed E-state index contributed by atoms with van der Waals surface area (Å²) in [5.74, 6) is 1.12. The Kier molecular flexibility index (Phi) is 5.06. The lowest BCUT2D eigenvalue weighted by Gasteiger charge is -2.48. The minimum absolute atomic E-state index is 0.312. The molecule has 5 nitrogen and oxygen atoms in total. The summed E-state index contributed by atoms with van der Waals surface area (Å²) < 4.78 is 7.80. The van der Waals surface area contributed by atoms with Gasteiger partial charge in [0.25, 0.3) is 0 Å². The maximum atomic E-state index is 5.58. The number of morpholine rings is 1. The van der Waals surface area contributed by atoms with Gasteiger partial charge in [-0.25, -0.2) is 4.98 Å². The standard InChI is InChI=1S/C20H30N4O/c1-23-18-8-4-3-7-17(18)22-19(23)15-21-16-20(9-5-2-6-10-20)24-11-13-25-14-12-24/h3-4,7-8,21H,2,5-6,9-16H2,1H3. The van der Waals surface area contributed by atoms with E-state index >= 15 is 0 Å². The van der Waals surface area contributed by atoms with Crippen molar-refractivity contribution in [1.82, 2.24) is 19.8 Å². The van der Waals surface area contributed by atoms with E-state index in [1.54, 1.807) is 0 Å². The molecule has 1 N–H and O–H groups in total. The van der Waals surface area contributed by atoms with E-state index in [4.69, 9.17) is 9.72 Å². The van der Waals surface area contributed by atoms with Crippen molar-refractivity contribution in [2.24, 2.45) is 7.05 Å². The van der Waals surface area contributed by atoms with Gasteiger partial charge in [-0.05, 0) is 25.0 Å². The summed E-state index contributed by atoms with van der Waals surface area (Å²) in [6.45, 7) is 5.80. The summed E-state index contributed by atoms with van der Waals surface area (Å²) in [5, 5.41) is 3.75. The fourth-order valence-electron chi connectivity index (χ4n) is 4.61. The predicted octanol–water partition coefficient (Wildman–Crippen LogP) is 2.70. The van der Waals surface area contributed by atoms with Crippen LogP contribution in [0.5, 0.6) is 0 Å². The molecule has 2 heterocycles. The van der Waals surface area contributed by atoms with Crippen molar-refractivity contribution in [3.63, 3.8) is 0 Å². The van der Waals surface area contributed by atoms with E-state index < -0.39 is 0 Å². The molecule has 1 saturated carbocycles. The highest BCUT2D eigenvalue weighted by Gasteiger charge is 2.38. The molecular formula is C20H30N4O. The highest BCUT2D eigenvalue weighted by molar-refractivity contribution is 5.75. The molecule has 0 atom stereocenters. The molecular weight excluding hydrogens is 312 g/mol. The number of hydrogen-bond donors (Lipinski definition) is 1. The average Bonchev–Trinajstić information content (AvgIpc) is 2.99. The molecule has 1 aliphatic carbocycles. The lowest BCUT2D eigenvalue weighted by atomic mass is 9.79. The van der Waals surface area contributed by atoms with Gasteiger partial charge in [0.15, 0.2) is 0 Å². The average molecular weight is 342 g/mol. The maximum Gasteiger partial charge on any atom is 0.123 e. The minimum Gasteiger partial charge on any atom is -0.379 e. The SMILES string of the molecule is Cn1c(CNCC2(N3CCOCC3)CCCCC2)nc2ccccc21. The number of aryl methyl sites for hydroxylation is 1. The van der Waals surface area contributed by atoms with E-state index in [2.05, 4.69) is 46.1 Å². The van der Waals surface area contributed by atoms with Gasteiger partial charge >= 0.3 is 0 Å². The highest BCUT2D eigenvalue weighted by atomic mass is 16.5. The fraction of sp³-hybridized carbons (Fsp3) is 0.650. The lowest BCUT2D eigenvalue weighted by Crippen LogP contribution is -2.59. The van der Waals surface area contributed by atoms with Crippen LogP contribution in [0.1, 0.15) is 37.9 Å². The van der Waals surface area contributed by atoms with Crippen LogP contribution >= 0.6 is 0 Å². The monoisotopic (exact) mass is 342 g/mol. The first kappa shape index (κ1) is 17.0. The summed E-state index contributed by atoms with van der Waals surface area (Å²) in [6, 6.07) is 8.37. The number of aromatic nitrogens is 2. The van der Waals surface area contributed by atoms with E-state index in [-0.39, 0.29) is 0 Å². The number of nitrogens with one attached hydrogen (secondary N) is 1. The van der Waals surface area contributed by atoms with Crippen molar-refractivity contribution < 1.29 is 4.74 Å². The molecule has 136 valence electrons. The predicted molar refractivity (Wildman–Crippen MR) is 101 cm³/mol. The first-order valence-corrected chi connectivity index (χ1v) is 9.72. The topological polar surface area (TPSA) is 42.3 Å². The third kappa shape index (κ3) is 3.46. The van der Waals surface area contributed by atoms with Crippen molar-refractivity contribution in [2.75, 3.05) is 32.8 Å². The Bertz CT molecular complexity index is 699. The van der Waals surface area contributed by atoms with Crippen molar-refractivity contribution in [3.05, 3.63) is 30.1 Å². The number of nitrogens with zero attached hydrogens (tertiary/aromatic N) is 3. The van der Waals surface area contributed by atoms with Crippen LogP contribution in [0.3, 0.4) is 0 Å². The summed E-state index contributed by atoms with van der Waals surface area (Å²) in [4.78, 5) is 7.49. The second-order valence-electron chi connectivity index (χ2n) is 7.56. The van der Waals surface area contributed by atoms with Crippen LogP contribution < -0.4 is 5.32 Å². The molecule has 0 radical (unpaired) electrons. The number of ether oxygens (including phenoxy) is 1. The molecule has 0 amide bonds. The van der Waals surface area contributed by atoms with Crippen molar-refractivity contribution in [1.29, 1.82) is 0 Å². The summed E-state index contributed by atoms with van der Waals surface area (Å²) in [5.41, 5.74) is 2.61. The largest absolute Gasteiger partial charge is 0.379 e. The molecule has 1 aromatic carbocycles. The third-order valence-corrected chi connectivity index (χ3v) is 6.08. The highest BCUT2D eigenvalue weighted by Crippen LogP contribution is 2.34. The van der Waals surface area contributed by atoms with E-state index in [0.717, 1.165) is 50.7 Å². The zero-order valence-corrected chi connectivity index (χ0v) is 15.3. The summed E-state index contributed by atoms with van der Waals surface area (Å²) in [7, 11) is 2.12. The molecule has 1 saturated heterocycles. The van der Waals surface area contributed by atoms with Gasteiger partial charge in [-0.3, -0.25) is 4.90 Å². The Morgan fingerprint density at radius 1 is 1.12 bits per heavy atom. The zero-order chi connectivity index (χ0) is 17.1. The van der Waals surface area contributed by atoms with Crippen LogP contribution in [0.2, 0.25) is 0 Å². The number of fused-ring (bicyclic) bond motifs is 1. The fourth-order valence-corrected chi connectivity index (χ4v) is 4.61. The van der Waals surface area contributed by atoms with Crippen LogP contribution in [0.15, 0.2) is 24.3 Å². The molecule has 1 aromatic heterocycles. The maximum absolute atomic E-state index is 5.58. The van der Waals surface area contributed by atoms with Gasteiger partial charge in [0.1, 0.15) is 5.82 Å². The first-order chi connectivity index (χ1) is 12.3. The van der Waals surface area contributed by atoms with E-state index in [9.17, 15) is 0 Å². The quantitative estimate of drug-likeness (QED) is 0.907. The Morgan fingerprint density at radius 3 is 2.64 bits per heavy atom. The van der Waals surface area contributed by atoms with Gasteiger partial charge in [0.05, 0.1) is 30.8 Å².